The maximum atomic E-state index is 12.6. The van der Waals surface area contributed by atoms with E-state index in [4.69, 9.17) is 5.73 Å². The van der Waals surface area contributed by atoms with Crippen LogP contribution >= 0.6 is 0 Å². The molecule has 0 aromatic heterocycles. The number of amides is 1. The predicted octanol–water partition coefficient (Wildman–Crippen LogP) is 3.22. The van der Waals surface area contributed by atoms with Gasteiger partial charge in [-0.25, -0.2) is 0 Å². The molecule has 1 amide bonds. The maximum Gasteiger partial charge on any atom is 0.232 e. The molecule has 1 aliphatic carbocycles. The Bertz CT molecular complexity index is 676. The third-order valence-corrected chi connectivity index (χ3v) is 4.77. The molecule has 0 unspecified atom stereocenters. The van der Waals surface area contributed by atoms with Crippen molar-refractivity contribution in [2.75, 3.05) is 6.54 Å². The molecule has 1 aliphatic rings. The van der Waals surface area contributed by atoms with Crippen molar-refractivity contribution < 1.29 is 4.79 Å². The van der Waals surface area contributed by atoms with Crippen molar-refractivity contribution in [1.29, 1.82) is 0 Å². The lowest BCUT2D eigenvalue weighted by molar-refractivity contribution is -0.122. The summed E-state index contributed by atoms with van der Waals surface area (Å²) in [6, 6.07) is 16.8. The van der Waals surface area contributed by atoms with Gasteiger partial charge in [0.25, 0.3) is 0 Å². The first-order valence-electron chi connectivity index (χ1n) is 8.30. The number of rotatable bonds is 6. The summed E-state index contributed by atoms with van der Waals surface area (Å²) in [5.41, 5.74) is 9.63. The van der Waals surface area contributed by atoms with Crippen molar-refractivity contribution in [3.63, 3.8) is 0 Å². The molecule has 0 spiro atoms. The molecule has 23 heavy (non-hydrogen) atoms. The van der Waals surface area contributed by atoms with Crippen LogP contribution in [-0.4, -0.2) is 18.5 Å². The van der Waals surface area contributed by atoms with Crippen molar-refractivity contribution in [3.05, 3.63) is 59.7 Å². The summed E-state index contributed by atoms with van der Waals surface area (Å²) in [4.78, 5) is 12.6. The zero-order valence-electron chi connectivity index (χ0n) is 13.8. The second kappa shape index (κ2) is 6.17. The number of carbonyl (C=O) groups excluding carboxylic acids is 1. The number of hydrogen-bond donors (Lipinski definition) is 2. The highest BCUT2D eigenvalue weighted by molar-refractivity contribution is 5.99. The van der Waals surface area contributed by atoms with Crippen LogP contribution in [0.2, 0.25) is 0 Å². The number of fused-ring (bicyclic) bond motifs is 3. The number of nitrogens with two attached hydrogens (primary N) is 1. The van der Waals surface area contributed by atoms with Crippen molar-refractivity contribution in [2.24, 2.45) is 5.73 Å². The Morgan fingerprint density at radius 1 is 1.04 bits per heavy atom. The average molecular weight is 308 g/mol. The lowest BCUT2D eigenvalue weighted by Gasteiger charge is -2.29. The molecule has 0 saturated carbocycles. The normalized spacial score (nSPS) is 14.6. The number of nitrogens with one attached hydrogen (secondary N) is 1. The van der Waals surface area contributed by atoms with Gasteiger partial charge in [-0.15, -0.1) is 0 Å². The number of primary amides is 1. The van der Waals surface area contributed by atoms with E-state index in [9.17, 15) is 4.79 Å². The SMILES string of the molecule is CC(C)NCCCC1(C(N)=O)c2ccccc2-c2ccccc21. The molecule has 2 aromatic rings. The highest BCUT2D eigenvalue weighted by Gasteiger charge is 2.47. The third-order valence-electron chi connectivity index (χ3n) is 4.77. The van der Waals surface area contributed by atoms with Gasteiger partial charge in [0, 0.05) is 6.04 Å². The van der Waals surface area contributed by atoms with Crippen LogP contribution in [0.1, 0.15) is 37.8 Å². The number of hydrogen-bond acceptors (Lipinski definition) is 2. The molecule has 0 radical (unpaired) electrons. The molecule has 3 rings (SSSR count). The van der Waals surface area contributed by atoms with Gasteiger partial charge in [0.15, 0.2) is 0 Å². The summed E-state index contributed by atoms with van der Waals surface area (Å²) in [5, 5.41) is 3.42. The quantitative estimate of drug-likeness (QED) is 0.805. The van der Waals surface area contributed by atoms with E-state index in [1.807, 2.05) is 24.3 Å². The Labute approximate surface area is 137 Å². The van der Waals surface area contributed by atoms with Crippen molar-refractivity contribution in [3.8, 4) is 11.1 Å². The zero-order valence-corrected chi connectivity index (χ0v) is 13.8. The van der Waals surface area contributed by atoms with Crippen LogP contribution in [0.25, 0.3) is 11.1 Å². The average Bonchev–Trinajstić information content (AvgIpc) is 2.83. The molecule has 0 saturated heterocycles. The minimum atomic E-state index is -0.703. The predicted molar refractivity (Wildman–Crippen MR) is 94.2 cm³/mol. The van der Waals surface area contributed by atoms with Crippen LogP contribution in [0.15, 0.2) is 48.5 Å². The molecule has 0 fully saturated rings. The maximum absolute atomic E-state index is 12.6. The first-order valence-corrected chi connectivity index (χ1v) is 8.30. The molecule has 3 heteroatoms. The van der Waals surface area contributed by atoms with E-state index in [1.165, 1.54) is 0 Å². The second-order valence-corrected chi connectivity index (χ2v) is 6.57. The van der Waals surface area contributed by atoms with E-state index < -0.39 is 5.41 Å². The van der Waals surface area contributed by atoms with Gasteiger partial charge in [-0.2, -0.15) is 0 Å². The monoisotopic (exact) mass is 308 g/mol. The summed E-state index contributed by atoms with van der Waals surface area (Å²) in [7, 11) is 0. The van der Waals surface area contributed by atoms with Gasteiger partial charge in [-0.1, -0.05) is 62.4 Å². The fraction of sp³-hybridized carbons (Fsp3) is 0.350. The highest BCUT2D eigenvalue weighted by Crippen LogP contribution is 2.50. The summed E-state index contributed by atoms with van der Waals surface area (Å²) in [6.07, 6.45) is 1.64. The standard InChI is InChI=1S/C20H24N2O/c1-14(2)22-13-7-12-20(19(21)23)17-10-5-3-8-15(17)16-9-4-6-11-18(16)20/h3-6,8-11,14,22H,7,12-13H2,1-2H3,(H2,21,23). The van der Waals surface area contributed by atoms with E-state index in [-0.39, 0.29) is 5.91 Å². The fourth-order valence-electron chi connectivity index (χ4n) is 3.73. The van der Waals surface area contributed by atoms with Crippen LogP contribution < -0.4 is 11.1 Å². The summed E-state index contributed by atoms with van der Waals surface area (Å²) in [5.74, 6) is -0.251. The Kier molecular flexibility index (Phi) is 4.22. The molecular weight excluding hydrogens is 284 g/mol. The zero-order chi connectivity index (χ0) is 16.4. The Balaban J connectivity index is 2.03. The van der Waals surface area contributed by atoms with Crippen LogP contribution in [0, 0.1) is 0 Å². The minimum Gasteiger partial charge on any atom is -0.369 e. The molecule has 3 nitrogen and oxygen atoms in total. The van der Waals surface area contributed by atoms with Crippen molar-refractivity contribution in [1.82, 2.24) is 5.32 Å². The first-order chi connectivity index (χ1) is 11.1. The Morgan fingerprint density at radius 3 is 2.04 bits per heavy atom. The van der Waals surface area contributed by atoms with Gasteiger partial charge in [0.2, 0.25) is 5.91 Å². The Hall–Kier alpha value is -2.13. The summed E-state index contributed by atoms with van der Waals surface area (Å²) >= 11 is 0. The van der Waals surface area contributed by atoms with Gasteiger partial charge in [0.05, 0.1) is 5.41 Å². The van der Waals surface area contributed by atoms with E-state index in [2.05, 4.69) is 43.4 Å². The largest absolute Gasteiger partial charge is 0.369 e. The van der Waals surface area contributed by atoms with Gasteiger partial charge in [-0.05, 0) is 41.6 Å². The molecule has 0 bridgehead atoms. The lowest BCUT2D eigenvalue weighted by Crippen LogP contribution is -2.41. The van der Waals surface area contributed by atoms with Gasteiger partial charge >= 0.3 is 0 Å². The van der Waals surface area contributed by atoms with Crippen molar-refractivity contribution >= 4 is 5.91 Å². The highest BCUT2D eigenvalue weighted by atomic mass is 16.1. The van der Waals surface area contributed by atoms with Crippen LogP contribution in [0.4, 0.5) is 0 Å². The topological polar surface area (TPSA) is 55.1 Å². The van der Waals surface area contributed by atoms with E-state index in [0.717, 1.165) is 41.6 Å². The molecular formula is C20H24N2O. The number of benzene rings is 2. The first kappa shape index (κ1) is 15.8. The van der Waals surface area contributed by atoms with Crippen LogP contribution in [0.5, 0.6) is 0 Å². The molecule has 0 heterocycles. The van der Waals surface area contributed by atoms with Crippen LogP contribution in [-0.2, 0) is 10.2 Å². The van der Waals surface area contributed by atoms with E-state index in [0.29, 0.717) is 6.04 Å². The lowest BCUT2D eigenvalue weighted by atomic mass is 9.74. The molecule has 0 atom stereocenters. The number of carbonyl (C=O) groups is 1. The van der Waals surface area contributed by atoms with E-state index >= 15 is 0 Å². The minimum absolute atomic E-state index is 0.251. The Morgan fingerprint density at radius 2 is 1.57 bits per heavy atom. The van der Waals surface area contributed by atoms with Gasteiger partial charge in [-0.3, -0.25) is 4.79 Å². The molecule has 3 N–H and O–H groups in total. The van der Waals surface area contributed by atoms with Gasteiger partial charge in [0.1, 0.15) is 0 Å². The smallest absolute Gasteiger partial charge is 0.232 e. The fourth-order valence-corrected chi connectivity index (χ4v) is 3.73. The van der Waals surface area contributed by atoms with E-state index in [1.54, 1.807) is 0 Å². The van der Waals surface area contributed by atoms with Crippen LogP contribution in [0.3, 0.4) is 0 Å². The van der Waals surface area contributed by atoms with Gasteiger partial charge < -0.3 is 11.1 Å². The molecule has 0 aliphatic heterocycles. The molecule has 2 aromatic carbocycles. The summed E-state index contributed by atoms with van der Waals surface area (Å²) in [6.45, 7) is 5.14. The summed E-state index contributed by atoms with van der Waals surface area (Å²) < 4.78 is 0. The molecule has 120 valence electrons. The second-order valence-electron chi connectivity index (χ2n) is 6.57. The van der Waals surface area contributed by atoms with Crippen molar-refractivity contribution in [2.45, 2.75) is 38.1 Å². The third kappa shape index (κ3) is 2.55.